The molecule has 1 N–H and O–H groups in total. The highest BCUT2D eigenvalue weighted by molar-refractivity contribution is 5.56. The molecular formula is C11H12F3N. The highest BCUT2D eigenvalue weighted by Gasteiger charge is 2.31. The summed E-state index contributed by atoms with van der Waals surface area (Å²) in [5, 5.41) is 3.07. The van der Waals surface area contributed by atoms with E-state index in [1.165, 1.54) is 6.07 Å². The van der Waals surface area contributed by atoms with Crippen LogP contribution in [0, 0.1) is 0 Å². The molecule has 0 saturated carbocycles. The van der Waals surface area contributed by atoms with Crippen LogP contribution in [0.15, 0.2) is 18.2 Å². The largest absolute Gasteiger partial charge is 0.416 e. The lowest BCUT2D eigenvalue weighted by Crippen LogP contribution is -2.22. The smallest absolute Gasteiger partial charge is 0.382 e. The maximum absolute atomic E-state index is 12.4. The van der Waals surface area contributed by atoms with Gasteiger partial charge in [0.1, 0.15) is 0 Å². The van der Waals surface area contributed by atoms with Crippen molar-refractivity contribution < 1.29 is 13.2 Å². The normalized spacial score (nSPS) is 20.7. The summed E-state index contributed by atoms with van der Waals surface area (Å²) < 4.78 is 37.3. The van der Waals surface area contributed by atoms with Gasteiger partial charge in [-0.05, 0) is 37.5 Å². The maximum atomic E-state index is 12.4. The first kappa shape index (κ1) is 10.3. The second-order valence-corrected chi connectivity index (χ2v) is 3.95. The lowest BCUT2D eigenvalue weighted by atomic mass is 9.97. The summed E-state index contributed by atoms with van der Waals surface area (Å²) in [5.74, 6) is 0. The van der Waals surface area contributed by atoms with Crippen LogP contribution in [-0.4, -0.2) is 6.04 Å². The third kappa shape index (κ3) is 2.08. The number of benzene rings is 1. The number of hydrogen-bond donors (Lipinski definition) is 1. The summed E-state index contributed by atoms with van der Waals surface area (Å²) in [6, 6.07) is 4.17. The molecule has 0 amide bonds. The first-order valence-electron chi connectivity index (χ1n) is 4.93. The van der Waals surface area contributed by atoms with Crippen LogP contribution in [-0.2, 0) is 12.6 Å². The number of hydrogen-bond acceptors (Lipinski definition) is 1. The van der Waals surface area contributed by atoms with Crippen molar-refractivity contribution >= 4 is 5.69 Å². The number of anilines is 1. The molecular weight excluding hydrogens is 203 g/mol. The number of fused-ring (bicyclic) bond motifs is 1. The Labute approximate surface area is 86.3 Å². The molecule has 4 heteroatoms. The zero-order chi connectivity index (χ0) is 11.1. The second-order valence-electron chi connectivity index (χ2n) is 3.95. The number of alkyl halides is 3. The van der Waals surface area contributed by atoms with Crippen LogP contribution in [0.2, 0.25) is 0 Å². The van der Waals surface area contributed by atoms with Crippen LogP contribution in [0.4, 0.5) is 18.9 Å². The van der Waals surface area contributed by atoms with E-state index in [1.807, 2.05) is 6.92 Å². The summed E-state index contributed by atoms with van der Waals surface area (Å²) in [6.07, 6.45) is -2.43. The monoisotopic (exact) mass is 215 g/mol. The molecule has 0 spiro atoms. The Morgan fingerprint density at radius 2 is 2.07 bits per heavy atom. The van der Waals surface area contributed by atoms with Gasteiger partial charge in [0.15, 0.2) is 0 Å². The van der Waals surface area contributed by atoms with Crippen molar-refractivity contribution in [2.45, 2.75) is 32.0 Å². The SMILES string of the molecule is C[C@@H]1CCc2ccc(C(F)(F)F)cc2N1. The molecule has 1 nitrogen and oxygen atoms in total. The average molecular weight is 215 g/mol. The van der Waals surface area contributed by atoms with Crippen LogP contribution in [0.1, 0.15) is 24.5 Å². The van der Waals surface area contributed by atoms with E-state index >= 15 is 0 Å². The van der Waals surface area contributed by atoms with E-state index in [0.717, 1.165) is 24.5 Å². The number of rotatable bonds is 0. The Morgan fingerprint density at radius 1 is 1.33 bits per heavy atom. The fourth-order valence-electron chi connectivity index (χ4n) is 1.81. The molecule has 0 unspecified atom stereocenters. The second kappa shape index (κ2) is 3.43. The van der Waals surface area contributed by atoms with Crippen molar-refractivity contribution in [3.05, 3.63) is 29.3 Å². The predicted octanol–water partition coefficient (Wildman–Crippen LogP) is 3.45. The van der Waals surface area contributed by atoms with Gasteiger partial charge < -0.3 is 5.32 Å². The molecule has 0 radical (unpaired) electrons. The molecule has 0 fully saturated rings. The Bertz CT molecular complexity index is 371. The third-order valence-corrected chi connectivity index (χ3v) is 2.69. The van der Waals surface area contributed by atoms with E-state index in [-0.39, 0.29) is 6.04 Å². The van der Waals surface area contributed by atoms with Crippen LogP contribution in [0.3, 0.4) is 0 Å². The average Bonchev–Trinajstić information content (AvgIpc) is 2.15. The van der Waals surface area contributed by atoms with Gasteiger partial charge in [0.05, 0.1) is 5.56 Å². The third-order valence-electron chi connectivity index (χ3n) is 2.69. The first-order chi connectivity index (χ1) is 6.97. The highest BCUT2D eigenvalue weighted by atomic mass is 19.4. The van der Waals surface area contributed by atoms with Gasteiger partial charge in [-0.1, -0.05) is 6.07 Å². The molecule has 1 aromatic carbocycles. The van der Waals surface area contributed by atoms with Crippen LogP contribution in [0.5, 0.6) is 0 Å². The Kier molecular flexibility index (Phi) is 2.37. The summed E-state index contributed by atoms with van der Waals surface area (Å²) in [6.45, 7) is 1.98. The van der Waals surface area contributed by atoms with Crippen molar-refractivity contribution in [3.8, 4) is 0 Å². The van der Waals surface area contributed by atoms with Gasteiger partial charge in [0.25, 0.3) is 0 Å². The van der Waals surface area contributed by atoms with Crippen molar-refractivity contribution in [1.29, 1.82) is 0 Å². The minimum Gasteiger partial charge on any atom is -0.382 e. The molecule has 0 aromatic heterocycles. The van der Waals surface area contributed by atoms with Gasteiger partial charge in [-0.15, -0.1) is 0 Å². The molecule has 15 heavy (non-hydrogen) atoms. The van der Waals surface area contributed by atoms with E-state index in [9.17, 15) is 13.2 Å². The summed E-state index contributed by atoms with van der Waals surface area (Å²) >= 11 is 0. The van der Waals surface area contributed by atoms with Crippen LogP contribution in [0.25, 0.3) is 0 Å². The predicted molar refractivity (Wildman–Crippen MR) is 52.8 cm³/mol. The maximum Gasteiger partial charge on any atom is 0.416 e. The Hall–Kier alpha value is -1.19. The topological polar surface area (TPSA) is 12.0 Å². The quantitative estimate of drug-likeness (QED) is 0.698. The van der Waals surface area contributed by atoms with E-state index in [0.29, 0.717) is 5.69 Å². The molecule has 0 aliphatic carbocycles. The molecule has 0 bridgehead atoms. The zero-order valence-corrected chi connectivity index (χ0v) is 8.36. The number of halogens is 3. The van der Waals surface area contributed by atoms with Gasteiger partial charge in [-0.2, -0.15) is 13.2 Å². The summed E-state index contributed by atoms with van der Waals surface area (Å²) in [4.78, 5) is 0. The lowest BCUT2D eigenvalue weighted by Gasteiger charge is -2.24. The molecule has 1 atom stereocenters. The highest BCUT2D eigenvalue weighted by Crippen LogP contribution is 2.34. The van der Waals surface area contributed by atoms with Gasteiger partial charge in [0.2, 0.25) is 0 Å². The standard InChI is InChI=1S/C11H12F3N/c1-7-2-3-8-4-5-9(11(12,13)14)6-10(8)15-7/h4-7,15H,2-3H2,1H3/t7-/m1/s1. The minimum atomic E-state index is -4.25. The van der Waals surface area contributed by atoms with Gasteiger partial charge >= 0.3 is 6.18 Å². The summed E-state index contributed by atoms with van der Waals surface area (Å²) in [5.41, 5.74) is 1.02. The fourth-order valence-corrected chi connectivity index (χ4v) is 1.81. The number of nitrogens with one attached hydrogen (secondary N) is 1. The van der Waals surface area contributed by atoms with Crippen LogP contribution >= 0.6 is 0 Å². The van der Waals surface area contributed by atoms with E-state index in [1.54, 1.807) is 6.07 Å². The molecule has 1 aromatic rings. The van der Waals surface area contributed by atoms with Gasteiger partial charge in [0, 0.05) is 11.7 Å². The van der Waals surface area contributed by atoms with E-state index in [2.05, 4.69) is 5.32 Å². The molecule has 2 rings (SSSR count). The van der Waals surface area contributed by atoms with E-state index < -0.39 is 11.7 Å². The zero-order valence-electron chi connectivity index (χ0n) is 8.36. The Morgan fingerprint density at radius 3 is 2.73 bits per heavy atom. The minimum absolute atomic E-state index is 0.251. The van der Waals surface area contributed by atoms with Gasteiger partial charge in [-0.25, -0.2) is 0 Å². The molecule has 1 heterocycles. The fraction of sp³-hybridized carbons (Fsp3) is 0.455. The molecule has 1 aliphatic heterocycles. The number of aryl methyl sites for hydroxylation is 1. The van der Waals surface area contributed by atoms with Crippen molar-refractivity contribution in [2.24, 2.45) is 0 Å². The lowest BCUT2D eigenvalue weighted by molar-refractivity contribution is -0.137. The van der Waals surface area contributed by atoms with Crippen molar-refractivity contribution in [1.82, 2.24) is 0 Å². The summed E-state index contributed by atoms with van der Waals surface area (Å²) in [7, 11) is 0. The molecule has 0 saturated heterocycles. The molecule has 82 valence electrons. The van der Waals surface area contributed by atoms with Crippen molar-refractivity contribution in [2.75, 3.05) is 5.32 Å². The Balaban J connectivity index is 2.37. The molecule has 1 aliphatic rings. The van der Waals surface area contributed by atoms with Crippen molar-refractivity contribution in [3.63, 3.8) is 0 Å². The van der Waals surface area contributed by atoms with Gasteiger partial charge in [-0.3, -0.25) is 0 Å². The van der Waals surface area contributed by atoms with E-state index in [4.69, 9.17) is 0 Å². The van der Waals surface area contributed by atoms with Crippen LogP contribution < -0.4 is 5.32 Å². The first-order valence-corrected chi connectivity index (χ1v) is 4.93.